The number of unbranched alkanes of at least 4 members (excludes halogenated alkanes) is 3. The Morgan fingerprint density at radius 2 is 2.06 bits per heavy atom. The maximum Gasteiger partial charge on any atom is 0.224 e. The van der Waals surface area contributed by atoms with Crippen molar-refractivity contribution in [3.05, 3.63) is 24.3 Å². The molecule has 3 N–H and O–H groups in total. The molecule has 0 radical (unpaired) electrons. The number of hydrogen-bond acceptors (Lipinski definition) is 3. The van der Waals surface area contributed by atoms with E-state index in [9.17, 15) is 4.79 Å². The summed E-state index contributed by atoms with van der Waals surface area (Å²) in [6.45, 7) is 0.744. The van der Waals surface area contributed by atoms with E-state index in [2.05, 4.69) is 5.32 Å². The summed E-state index contributed by atoms with van der Waals surface area (Å²) >= 11 is 1.67. The minimum atomic E-state index is 0.0981. The third kappa shape index (κ3) is 6.07. The topological polar surface area (TPSA) is 55.1 Å². The van der Waals surface area contributed by atoms with Crippen molar-refractivity contribution >= 4 is 23.4 Å². The Bertz CT molecular complexity index is 369. The van der Waals surface area contributed by atoms with Crippen molar-refractivity contribution in [2.75, 3.05) is 18.1 Å². The third-order valence-electron chi connectivity index (χ3n) is 2.71. The van der Waals surface area contributed by atoms with Gasteiger partial charge in [-0.25, -0.2) is 0 Å². The first-order valence-corrected chi connectivity index (χ1v) is 7.62. The van der Waals surface area contributed by atoms with Gasteiger partial charge in [0.25, 0.3) is 0 Å². The molecule has 0 unspecified atom stereocenters. The number of hydrogen-bond donors (Lipinski definition) is 2. The number of carbonyl (C=O) groups is 1. The van der Waals surface area contributed by atoms with Crippen LogP contribution in [-0.4, -0.2) is 18.7 Å². The second-order valence-electron chi connectivity index (χ2n) is 4.23. The number of rotatable bonds is 8. The van der Waals surface area contributed by atoms with Crippen molar-refractivity contribution in [1.29, 1.82) is 0 Å². The molecule has 1 aromatic carbocycles. The van der Waals surface area contributed by atoms with Crippen LogP contribution in [-0.2, 0) is 4.79 Å². The average molecular weight is 266 g/mol. The van der Waals surface area contributed by atoms with E-state index in [1.54, 1.807) is 11.8 Å². The molecule has 100 valence electrons. The fourth-order valence-corrected chi connectivity index (χ4v) is 2.17. The van der Waals surface area contributed by atoms with Gasteiger partial charge in [-0.2, -0.15) is 0 Å². The largest absolute Gasteiger partial charge is 0.330 e. The average Bonchev–Trinajstić information content (AvgIpc) is 2.38. The van der Waals surface area contributed by atoms with Crippen molar-refractivity contribution in [2.45, 2.75) is 37.0 Å². The van der Waals surface area contributed by atoms with Crippen LogP contribution in [0.1, 0.15) is 32.1 Å². The molecule has 0 aliphatic rings. The van der Waals surface area contributed by atoms with Crippen LogP contribution in [0.3, 0.4) is 0 Å². The summed E-state index contributed by atoms with van der Waals surface area (Å²) < 4.78 is 0. The molecule has 0 bridgehead atoms. The van der Waals surface area contributed by atoms with Gasteiger partial charge in [0.2, 0.25) is 5.91 Å². The van der Waals surface area contributed by atoms with E-state index in [-0.39, 0.29) is 5.91 Å². The molecule has 0 fully saturated rings. The summed E-state index contributed by atoms with van der Waals surface area (Å²) in [7, 11) is 0. The number of amides is 1. The van der Waals surface area contributed by atoms with Crippen molar-refractivity contribution in [3.8, 4) is 0 Å². The Balaban J connectivity index is 2.26. The van der Waals surface area contributed by atoms with Crippen LogP contribution in [0, 0.1) is 0 Å². The first-order valence-electron chi connectivity index (χ1n) is 6.40. The number of nitrogens with one attached hydrogen (secondary N) is 1. The lowest BCUT2D eigenvalue weighted by molar-refractivity contribution is -0.116. The second-order valence-corrected chi connectivity index (χ2v) is 5.11. The molecule has 0 saturated carbocycles. The summed E-state index contributed by atoms with van der Waals surface area (Å²) in [4.78, 5) is 12.9. The van der Waals surface area contributed by atoms with E-state index in [1.165, 1.54) is 0 Å². The number of benzene rings is 1. The molecule has 0 atom stereocenters. The summed E-state index contributed by atoms with van der Waals surface area (Å²) in [5.41, 5.74) is 6.30. The predicted octanol–water partition coefficient (Wildman–Crippen LogP) is 3.26. The van der Waals surface area contributed by atoms with Crippen molar-refractivity contribution in [3.63, 3.8) is 0 Å². The van der Waals surface area contributed by atoms with E-state index in [1.807, 2.05) is 30.5 Å². The molecule has 0 heterocycles. The monoisotopic (exact) mass is 266 g/mol. The SMILES string of the molecule is CSc1cccc(NC(=O)CCCCCCN)c1. The molecule has 0 aliphatic carbocycles. The predicted molar refractivity (Wildman–Crippen MR) is 79.0 cm³/mol. The summed E-state index contributed by atoms with van der Waals surface area (Å²) in [6.07, 6.45) is 6.80. The highest BCUT2D eigenvalue weighted by molar-refractivity contribution is 7.98. The molecule has 18 heavy (non-hydrogen) atoms. The first kappa shape index (κ1) is 15.1. The van der Waals surface area contributed by atoms with Crippen molar-refractivity contribution < 1.29 is 4.79 Å². The van der Waals surface area contributed by atoms with Crippen molar-refractivity contribution in [1.82, 2.24) is 0 Å². The van der Waals surface area contributed by atoms with Crippen molar-refractivity contribution in [2.24, 2.45) is 5.73 Å². The standard InChI is InChI=1S/C14H22N2OS/c1-18-13-8-6-7-12(11-13)16-14(17)9-4-2-3-5-10-15/h6-8,11H,2-5,9-10,15H2,1H3,(H,16,17). The number of carbonyl (C=O) groups excluding carboxylic acids is 1. The molecule has 0 aliphatic heterocycles. The van der Waals surface area contributed by atoms with Gasteiger partial charge in [-0.15, -0.1) is 11.8 Å². The Hall–Kier alpha value is -1.00. The fourth-order valence-electron chi connectivity index (χ4n) is 1.71. The Morgan fingerprint density at radius 1 is 1.28 bits per heavy atom. The van der Waals surface area contributed by atoms with Crippen LogP contribution in [0.4, 0.5) is 5.69 Å². The zero-order valence-corrected chi connectivity index (χ0v) is 11.8. The van der Waals surface area contributed by atoms with Gasteiger partial charge in [-0.3, -0.25) is 4.79 Å². The number of nitrogens with two attached hydrogens (primary N) is 1. The van der Waals surface area contributed by atoms with Crippen LogP contribution in [0.2, 0.25) is 0 Å². The Labute approximate surface area is 114 Å². The van der Waals surface area contributed by atoms with Crippen LogP contribution in [0.25, 0.3) is 0 Å². The quantitative estimate of drug-likeness (QED) is 0.561. The van der Waals surface area contributed by atoms with Crippen LogP contribution in [0.15, 0.2) is 29.2 Å². The number of thioether (sulfide) groups is 1. The van der Waals surface area contributed by atoms with Crippen LogP contribution < -0.4 is 11.1 Å². The molecule has 1 amide bonds. The zero-order chi connectivity index (χ0) is 13.2. The molecule has 1 rings (SSSR count). The van der Waals surface area contributed by atoms with E-state index < -0.39 is 0 Å². The third-order valence-corrected chi connectivity index (χ3v) is 3.44. The van der Waals surface area contributed by atoms with E-state index in [0.717, 1.165) is 42.8 Å². The van der Waals surface area contributed by atoms with E-state index >= 15 is 0 Å². The maximum absolute atomic E-state index is 11.7. The van der Waals surface area contributed by atoms with Gasteiger partial charge in [-0.1, -0.05) is 18.9 Å². The Morgan fingerprint density at radius 3 is 2.78 bits per heavy atom. The normalized spacial score (nSPS) is 10.3. The first-order chi connectivity index (χ1) is 8.76. The lowest BCUT2D eigenvalue weighted by Gasteiger charge is -2.06. The number of anilines is 1. The molecular weight excluding hydrogens is 244 g/mol. The molecular formula is C14H22N2OS. The minimum Gasteiger partial charge on any atom is -0.330 e. The summed E-state index contributed by atoms with van der Waals surface area (Å²) in [6, 6.07) is 7.92. The highest BCUT2D eigenvalue weighted by Crippen LogP contribution is 2.19. The minimum absolute atomic E-state index is 0.0981. The maximum atomic E-state index is 11.7. The summed E-state index contributed by atoms with van der Waals surface area (Å²) in [5, 5.41) is 2.93. The van der Waals surface area contributed by atoms with Gasteiger partial charge >= 0.3 is 0 Å². The van der Waals surface area contributed by atoms with E-state index in [4.69, 9.17) is 5.73 Å². The highest BCUT2D eigenvalue weighted by Gasteiger charge is 2.02. The lowest BCUT2D eigenvalue weighted by Crippen LogP contribution is -2.11. The van der Waals surface area contributed by atoms with Gasteiger partial charge in [0.15, 0.2) is 0 Å². The summed E-state index contributed by atoms with van der Waals surface area (Å²) in [5.74, 6) is 0.0981. The van der Waals surface area contributed by atoms with Gasteiger partial charge in [-0.05, 0) is 43.8 Å². The smallest absolute Gasteiger partial charge is 0.224 e. The molecule has 0 spiro atoms. The highest BCUT2D eigenvalue weighted by atomic mass is 32.2. The second kappa shape index (κ2) is 9.00. The Kier molecular flexibility index (Phi) is 7.53. The molecule has 0 saturated heterocycles. The molecule has 1 aromatic rings. The van der Waals surface area contributed by atoms with Gasteiger partial charge in [0, 0.05) is 17.0 Å². The van der Waals surface area contributed by atoms with Gasteiger partial charge < -0.3 is 11.1 Å². The van der Waals surface area contributed by atoms with E-state index in [0.29, 0.717) is 6.42 Å². The molecule has 0 aromatic heterocycles. The lowest BCUT2D eigenvalue weighted by atomic mass is 10.1. The fraction of sp³-hybridized carbons (Fsp3) is 0.500. The molecule has 3 nitrogen and oxygen atoms in total. The molecule has 4 heteroatoms. The van der Waals surface area contributed by atoms with Crippen LogP contribution >= 0.6 is 11.8 Å². The van der Waals surface area contributed by atoms with Crippen LogP contribution in [0.5, 0.6) is 0 Å². The van der Waals surface area contributed by atoms with Gasteiger partial charge in [0.05, 0.1) is 0 Å². The van der Waals surface area contributed by atoms with Gasteiger partial charge in [0.1, 0.15) is 0 Å². The zero-order valence-electron chi connectivity index (χ0n) is 10.9.